The number of fused-ring (bicyclic) bond motifs is 1. The molecule has 0 saturated heterocycles. The summed E-state index contributed by atoms with van der Waals surface area (Å²) in [4.78, 5) is 12.4. The molecular formula is C16H13FO3S. The number of hydrogen-bond donors (Lipinski definition) is 0. The van der Waals surface area contributed by atoms with Crippen LogP contribution in [0.25, 0.3) is 0 Å². The highest BCUT2D eigenvalue weighted by molar-refractivity contribution is 7.99. The van der Waals surface area contributed by atoms with Gasteiger partial charge in [0.25, 0.3) is 0 Å². The van der Waals surface area contributed by atoms with Crippen molar-refractivity contribution >= 4 is 18.0 Å². The van der Waals surface area contributed by atoms with E-state index < -0.39 is 5.82 Å². The quantitative estimate of drug-likeness (QED) is 0.804. The average molecular weight is 304 g/mol. The van der Waals surface area contributed by atoms with Crippen LogP contribution >= 0.6 is 11.8 Å². The molecule has 0 N–H and O–H groups in total. The molecule has 0 spiro atoms. The summed E-state index contributed by atoms with van der Waals surface area (Å²) >= 11 is 1.38. The molecule has 2 aromatic rings. The summed E-state index contributed by atoms with van der Waals surface area (Å²) in [5, 5.41) is 0. The lowest BCUT2D eigenvalue weighted by atomic mass is 10.2. The van der Waals surface area contributed by atoms with Crippen molar-refractivity contribution < 1.29 is 18.7 Å². The summed E-state index contributed by atoms with van der Waals surface area (Å²) < 4.78 is 24.6. The first-order valence-corrected chi connectivity index (χ1v) is 7.39. The molecule has 5 heteroatoms. The van der Waals surface area contributed by atoms with Gasteiger partial charge in [-0.15, -0.1) is 0 Å². The lowest BCUT2D eigenvalue weighted by Crippen LogP contribution is -1.97. The third kappa shape index (κ3) is 3.36. The van der Waals surface area contributed by atoms with E-state index in [0.717, 1.165) is 17.1 Å². The van der Waals surface area contributed by atoms with Gasteiger partial charge in [0.1, 0.15) is 12.1 Å². The van der Waals surface area contributed by atoms with Crippen molar-refractivity contribution in [1.82, 2.24) is 0 Å². The van der Waals surface area contributed by atoms with Gasteiger partial charge in [-0.1, -0.05) is 11.8 Å². The number of rotatable bonds is 3. The Morgan fingerprint density at radius 1 is 1.00 bits per heavy atom. The first-order valence-electron chi connectivity index (χ1n) is 6.58. The van der Waals surface area contributed by atoms with Gasteiger partial charge in [0.15, 0.2) is 11.5 Å². The summed E-state index contributed by atoms with van der Waals surface area (Å²) in [7, 11) is 0. The van der Waals surface area contributed by atoms with Crippen LogP contribution in [0.5, 0.6) is 11.5 Å². The fourth-order valence-corrected chi connectivity index (χ4v) is 3.00. The lowest BCUT2D eigenvalue weighted by Gasteiger charge is -2.09. The van der Waals surface area contributed by atoms with Crippen molar-refractivity contribution in [2.75, 3.05) is 13.2 Å². The fourth-order valence-electron chi connectivity index (χ4n) is 2.05. The van der Waals surface area contributed by atoms with Gasteiger partial charge in [-0.3, -0.25) is 4.79 Å². The van der Waals surface area contributed by atoms with Gasteiger partial charge in [-0.2, -0.15) is 0 Å². The highest BCUT2D eigenvalue weighted by atomic mass is 32.2. The van der Waals surface area contributed by atoms with Crippen LogP contribution < -0.4 is 9.47 Å². The first kappa shape index (κ1) is 13.9. The summed E-state index contributed by atoms with van der Waals surface area (Å²) in [5.41, 5.74) is 0.326. The summed E-state index contributed by atoms with van der Waals surface area (Å²) in [5.74, 6) is 1.01. The molecule has 0 fully saturated rings. The standard InChI is InChI=1S/C16H13FO3S/c17-12-6-11(10-18)7-14(8-12)21-13-2-3-15-16(9-13)20-5-1-4-19-15/h2-3,6-10H,1,4-5H2. The van der Waals surface area contributed by atoms with E-state index in [9.17, 15) is 9.18 Å². The van der Waals surface area contributed by atoms with Gasteiger partial charge in [0.05, 0.1) is 13.2 Å². The Morgan fingerprint density at radius 2 is 1.81 bits per heavy atom. The zero-order valence-corrected chi connectivity index (χ0v) is 12.0. The van der Waals surface area contributed by atoms with Crippen molar-refractivity contribution in [2.45, 2.75) is 16.2 Å². The highest BCUT2D eigenvalue weighted by Crippen LogP contribution is 2.36. The van der Waals surface area contributed by atoms with E-state index in [0.29, 0.717) is 35.7 Å². The van der Waals surface area contributed by atoms with Gasteiger partial charge in [-0.05, 0) is 36.4 Å². The van der Waals surface area contributed by atoms with Crippen LogP contribution in [0.1, 0.15) is 16.8 Å². The third-order valence-electron chi connectivity index (χ3n) is 2.98. The summed E-state index contributed by atoms with van der Waals surface area (Å²) in [6.45, 7) is 1.27. The largest absolute Gasteiger partial charge is 0.490 e. The molecule has 2 aromatic carbocycles. The van der Waals surface area contributed by atoms with Crippen LogP contribution in [0.3, 0.4) is 0 Å². The summed E-state index contributed by atoms with van der Waals surface area (Å²) in [6, 6.07) is 9.89. The minimum Gasteiger partial charge on any atom is -0.490 e. The maximum atomic E-state index is 13.4. The van der Waals surface area contributed by atoms with Gasteiger partial charge >= 0.3 is 0 Å². The number of ether oxygens (including phenoxy) is 2. The normalized spacial score (nSPS) is 13.6. The number of aldehydes is 1. The molecule has 21 heavy (non-hydrogen) atoms. The molecular weight excluding hydrogens is 291 g/mol. The van der Waals surface area contributed by atoms with E-state index >= 15 is 0 Å². The maximum Gasteiger partial charge on any atom is 0.162 e. The molecule has 1 aliphatic rings. The van der Waals surface area contributed by atoms with Crippen LogP contribution in [-0.4, -0.2) is 19.5 Å². The van der Waals surface area contributed by atoms with Crippen LogP contribution in [0, 0.1) is 5.82 Å². The van der Waals surface area contributed by atoms with E-state index in [-0.39, 0.29) is 0 Å². The van der Waals surface area contributed by atoms with Crippen LogP contribution in [0.2, 0.25) is 0 Å². The van der Waals surface area contributed by atoms with E-state index in [1.54, 1.807) is 6.07 Å². The van der Waals surface area contributed by atoms with Crippen LogP contribution in [0.15, 0.2) is 46.2 Å². The highest BCUT2D eigenvalue weighted by Gasteiger charge is 2.11. The zero-order valence-electron chi connectivity index (χ0n) is 11.2. The lowest BCUT2D eigenvalue weighted by molar-refractivity contribution is 0.112. The van der Waals surface area contributed by atoms with Crippen molar-refractivity contribution in [3.05, 3.63) is 47.8 Å². The van der Waals surface area contributed by atoms with E-state index in [4.69, 9.17) is 9.47 Å². The second kappa shape index (κ2) is 6.18. The molecule has 0 aliphatic carbocycles. The Bertz CT molecular complexity index is 673. The van der Waals surface area contributed by atoms with Gasteiger partial charge in [0, 0.05) is 21.8 Å². The minimum atomic E-state index is -0.420. The Morgan fingerprint density at radius 3 is 2.62 bits per heavy atom. The minimum absolute atomic E-state index is 0.326. The smallest absolute Gasteiger partial charge is 0.162 e. The average Bonchev–Trinajstić information content (AvgIpc) is 2.71. The number of hydrogen-bond acceptors (Lipinski definition) is 4. The molecule has 0 unspecified atom stereocenters. The second-order valence-corrected chi connectivity index (χ2v) is 5.75. The molecule has 0 amide bonds. The van der Waals surface area contributed by atoms with Crippen LogP contribution in [0.4, 0.5) is 4.39 Å². The number of carbonyl (C=O) groups excluding carboxylic acids is 1. The van der Waals surface area contributed by atoms with Gasteiger partial charge in [0.2, 0.25) is 0 Å². The van der Waals surface area contributed by atoms with Gasteiger partial charge in [-0.25, -0.2) is 4.39 Å². The predicted molar refractivity (Wildman–Crippen MR) is 78.0 cm³/mol. The summed E-state index contributed by atoms with van der Waals surface area (Å²) in [6.07, 6.45) is 1.49. The van der Waals surface area contributed by atoms with E-state index in [1.165, 1.54) is 23.9 Å². The Kier molecular flexibility index (Phi) is 4.10. The Hall–Kier alpha value is -2.01. The number of benzene rings is 2. The molecule has 0 radical (unpaired) electrons. The molecule has 0 bridgehead atoms. The third-order valence-corrected chi connectivity index (χ3v) is 3.95. The number of halogens is 1. The molecule has 1 heterocycles. The molecule has 0 aromatic heterocycles. The predicted octanol–water partition coefficient (Wildman–Crippen LogP) is 3.95. The monoisotopic (exact) mass is 304 g/mol. The fraction of sp³-hybridized carbons (Fsp3) is 0.188. The molecule has 3 rings (SSSR count). The van der Waals surface area contributed by atoms with E-state index in [2.05, 4.69) is 0 Å². The molecule has 0 saturated carbocycles. The maximum absolute atomic E-state index is 13.4. The van der Waals surface area contributed by atoms with E-state index in [1.807, 2.05) is 18.2 Å². The molecule has 108 valence electrons. The van der Waals surface area contributed by atoms with Crippen molar-refractivity contribution in [2.24, 2.45) is 0 Å². The first-order chi connectivity index (χ1) is 10.2. The van der Waals surface area contributed by atoms with Crippen molar-refractivity contribution in [3.63, 3.8) is 0 Å². The molecule has 1 aliphatic heterocycles. The molecule has 3 nitrogen and oxygen atoms in total. The Labute approximate surface area is 126 Å². The van der Waals surface area contributed by atoms with Crippen LogP contribution in [-0.2, 0) is 0 Å². The topological polar surface area (TPSA) is 35.5 Å². The zero-order chi connectivity index (χ0) is 14.7. The Balaban J connectivity index is 1.86. The second-order valence-electron chi connectivity index (χ2n) is 4.60. The SMILES string of the molecule is O=Cc1cc(F)cc(Sc2ccc3c(c2)OCCCO3)c1. The van der Waals surface area contributed by atoms with Gasteiger partial charge < -0.3 is 9.47 Å². The molecule has 0 atom stereocenters. The van der Waals surface area contributed by atoms with Crippen molar-refractivity contribution in [1.29, 1.82) is 0 Å². The number of carbonyl (C=O) groups is 1. The van der Waals surface area contributed by atoms with Crippen molar-refractivity contribution in [3.8, 4) is 11.5 Å².